The number of anilines is 2. The fraction of sp³-hybridized carbons (Fsp3) is 0.350. The van der Waals surface area contributed by atoms with E-state index in [0.717, 1.165) is 6.26 Å². The summed E-state index contributed by atoms with van der Waals surface area (Å²) in [6.07, 6.45) is 1.12. The van der Waals surface area contributed by atoms with E-state index in [1.54, 1.807) is 39.0 Å². The lowest BCUT2D eigenvalue weighted by atomic mass is 10.2. The summed E-state index contributed by atoms with van der Waals surface area (Å²) in [4.78, 5) is 12.6. The fourth-order valence-corrected chi connectivity index (χ4v) is 5.74. The van der Waals surface area contributed by atoms with Gasteiger partial charge in [-0.1, -0.05) is 26.0 Å². The normalized spacial score (nSPS) is 12.0. The van der Waals surface area contributed by atoms with Crippen LogP contribution in [0.2, 0.25) is 0 Å². The number of hydrogen-bond donors (Lipinski definition) is 2. The number of aryl methyl sites for hydroxylation is 1. The number of nitrogens with one attached hydrogen (secondary N) is 2. The Balaban J connectivity index is 2.08. The highest BCUT2D eigenvalue weighted by atomic mass is 32.2. The van der Waals surface area contributed by atoms with Gasteiger partial charge in [0.2, 0.25) is 15.9 Å². The molecule has 0 aliphatic carbocycles. The maximum atomic E-state index is 12.5. The predicted molar refractivity (Wildman–Crippen MR) is 118 cm³/mol. The molecule has 8 nitrogen and oxygen atoms in total. The predicted octanol–water partition coefficient (Wildman–Crippen LogP) is 2.48. The standard InChI is InChI=1S/C20H27N3O5S2/c1-5-23(6-2)30(27,28)17-12-10-16(11-13-17)22-19(24)14-21-18-9-7-8-15(3)20(18)29(4,25)26/h7-13,21H,5-6,14H2,1-4H3,(H,22,24). The molecular weight excluding hydrogens is 426 g/mol. The van der Waals surface area contributed by atoms with E-state index in [4.69, 9.17) is 0 Å². The van der Waals surface area contributed by atoms with Crippen LogP contribution in [0.25, 0.3) is 0 Å². The number of carbonyl (C=O) groups is 1. The minimum atomic E-state index is -3.56. The van der Waals surface area contributed by atoms with Gasteiger partial charge in [0.1, 0.15) is 0 Å². The molecule has 2 aromatic rings. The minimum Gasteiger partial charge on any atom is -0.375 e. The first-order valence-corrected chi connectivity index (χ1v) is 12.8. The van der Waals surface area contributed by atoms with Crippen molar-refractivity contribution in [2.45, 2.75) is 30.6 Å². The second-order valence-electron chi connectivity index (χ2n) is 6.74. The number of rotatable bonds is 9. The molecule has 30 heavy (non-hydrogen) atoms. The average molecular weight is 454 g/mol. The van der Waals surface area contributed by atoms with Gasteiger partial charge in [0.15, 0.2) is 9.84 Å². The van der Waals surface area contributed by atoms with Crippen molar-refractivity contribution in [1.82, 2.24) is 4.31 Å². The Kier molecular flexibility index (Phi) is 7.62. The van der Waals surface area contributed by atoms with E-state index in [1.807, 2.05) is 0 Å². The lowest BCUT2D eigenvalue weighted by Gasteiger charge is -2.18. The summed E-state index contributed by atoms with van der Waals surface area (Å²) in [6.45, 7) is 5.83. The first-order chi connectivity index (χ1) is 14.0. The molecule has 0 unspecified atom stereocenters. The molecule has 0 aromatic heterocycles. The van der Waals surface area contributed by atoms with E-state index in [0.29, 0.717) is 30.0 Å². The Labute approximate surface area is 178 Å². The smallest absolute Gasteiger partial charge is 0.243 e. The van der Waals surface area contributed by atoms with Gasteiger partial charge in [0.05, 0.1) is 22.0 Å². The summed E-state index contributed by atoms with van der Waals surface area (Å²) in [7, 11) is -7.02. The summed E-state index contributed by atoms with van der Waals surface area (Å²) in [5.74, 6) is -0.393. The number of benzene rings is 2. The molecule has 2 rings (SSSR count). The molecule has 164 valence electrons. The van der Waals surface area contributed by atoms with Gasteiger partial charge in [-0.05, 0) is 42.8 Å². The van der Waals surface area contributed by atoms with Crippen LogP contribution in [0.1, 0.15) is 19.4 Å². The van der Waals surface area contributed by atoms with Crippen LogP contribution in [0, 0.1) is 6.92 Å². The van der Waals surface area contributed by atoms with Crippen molar-refractivity contribution >= 4 is 37.1 Å². The molecule has 0 fully saturated rings. The second kappa shape index (κ2) is 9.59. The average Bonchev–Trinajstić information content (AvgIpc) is 2.66. The van der Waals surface area contributed by atoms with Crippen molar-refractivity contribution in [3.8, 4) is 0 Å². The van der Waals surface area contributed by atoms with E-state index in [1.165, 1.54) is 28.6 Å². The zero-order valence-corrected chi connectivity index (χ0v) is 19.1. The molecule has 2 N–H and O–H groups in total. The first-order valence-electron chi connectivity index (χ1n) is 9.44. The Bertz CT molecular complexity index is 1110. The quantitative estimate of drug-likeness (QED) is 0.603. The molecule has 0 bridgehead atoms. The van der Waals surface area contributed by atoms with Gasteiger partial charge in [0.25, 0.3) is 0 Å². The molecule has 0 radical (unpaired) electrons. The molecule has 0 aliphatic rings. The summed E-state index contributed by atoms with van der Waals surface area (Å²) < 4.78 is 50.4. The lowest BCUT2D eigenvalue weighted by Crippen LogP contribution is -2.30. The van der Waals surface area contributed by atoms with E-state index >= 15 is 0 Å². The molecular formula is C20H27N3O5S2. The summed E-state index contributed by atoms with van der Waals surface area (Å²) >= 11 is 0. The number of hydrogen-bond acceptors (Lipinski definition) is 6. The van der Waals surface area contributed by atoms with Gasteiger partial charge in [-0.3, -0.25) is 4.79 Å². The topological polar surface area (TPSA) is 113 Å². The van der Waals surface area contributed by atoms with E-state index in [2.05, 4.69) is 10.6 Å². The molecule has 0 spiro atoms. The molecule has 1 amide bonds. The maximum absolute atomic E-state index is 12.5. The van der Waals surface area contributed by atoms with Crippen LogP contribution in [0.5, 0.6) is 0 Å². The van der Waals surface area contributed by atoms with Crippen molar-refractivity contribution in [3.05, 3.63) is 48.0 Å². The Hall–Kier alpha value is -2.43. The molecule has 0 saturated carbocycles. The van der Waals surface area contributed by atoms with E-state index in [-0.39, 0.29) is 16.3 Å². The number of nitrogens with zero attached hydrogens (tertiary/aromatic N) is 1. The molecule has 0 atom stereocenters. The lowest BCUT2D eigenvalue weighted by molar-refractivity contribution is -0.114. The second-order valence-corrected chi connectivity index (χ2v) is 10.6. The monoisotopic (exact) mass is 453 g/mol. The number of amides is 1. The van der Waals surface area contributed by atoms with Crippen LogP contribution in [0.15, 0.2) is 52.3 Å². The Morgan fingerprint density at radius 3 is 2.10 bits per heavy atom. The van der Waals surface area contributed by atoms with Crippen molar-refractivity contribution < 1.29 is 21.6 Å². The van der Waals surface area contributed by atoms with Gasteiger partial charge in [-0.2, -0.15) is 4.31 Å². The summed E-state index contributed by atoms with van der Waals surface area (Å²) in [5, 5.41) is 5.51. The fourth-order valence-electron chi connectivity index (χ4n) is 3.09. The van der Waals surface area contributed by atoms with Gasteiger partial charge in [-0.15, -0.1) is 0 Å². The van der Waals surface area contributed by atoms with Crippen LogP contribution in [-0.2, 0) is 24.7 Å². The molecule has 2 aromatic carbocycles. The van der Waals surface area contributed by atoms with Crippen molar-refractivity contribution in [2.24, 2.45) is 0 Å². The maximum Gasteiger partial charge on any atom is 0.243 e. The molecule has 0 aliphatic heterocycles. The number of sulfone groups is 1. The third kappa shape index (κ3) is 5.59. The Morgan fingerprint density at radius 2 is 1.57 bits per heavy atom. The number of carbonyl (C=O) groups excluding carboxylic acids is 1. The zero-order valence-electron chi connectivity index (χ0n) is 17.5. The van der Waals surface area contributed by atoms with Crippen molar-refractivity contribution in [3.63, 3.8) is 0 Å². The van der Waals surface area contributed by atoms with Crippen LogP contribution in [-0.4, -0.2) is 52.9 Å². The van der Waals surface area contributed by atoms with Crippen LogP contribution >= 0.6 is 0 Å². The SMILES string of the molecule is CCN(CC)S(=O)(=O)c1ccc(NC(=O)CNc2cccc(C)c2S(C)(=O)=O)cc1. The van der Waals surface area contributed by atoms with Crippen molar-refractivity contribution in [2.75, 3.05) is 36.5 Å². The van der Waals surface area contributed by atoms with Crippen LogP contribution in [0.4, 0.5) is 11.4 Å². The van der Waals surface area contributed by atoms with E-state index < -0.39 is 25.8 Å². The summed E-state index contributed by atoms with van der Waals surface area (Å²) in [5.41, 5.74) is 1.38. The first kappa shape index (κ1) is 23.8. The largest absolute Gasteiger partial charge is 0.375 e. The molecule has 10 heteroatoms. The molecule has 0 heterocycles. The van der Waals surface area contributed by atoms with Gasteiger partial charge in [0, 0.05) is 25.0 Å². The van der Waals surface area contributed by atoms with Gasteiger partial charge in [-0.25, -0.2) is 16.8 Å². The zero-order chi connectivity index (χ0) is 22.5. The summed E-state index contributed by atoms with van der Waals surface area (Å²) in [6, 6.07) is 10.9. The molecule has 0 saturated heterocycles. The third-order valence-corrected chi connectivity index (χ3v) is 7.85. The highest BCUT2D eigenvalue weighted by molar-refractivity contribution is 7.91. The van der Waals surface area contributed by atoms with Crippen LogP contribution < -0.4 is 10.6 Å². The minimum absolute atomic E-state index is 0.147. The van der Waals surface area contributed by atoms with Crippen molar-refractivity contribution in [1.29, 1.82) is 0 Å². The third-order valence-electron chi connectivity index (χ3n) is 4.50. The Morgan fingerprint density at radius 1 is 0.967 bits per heavy atom. The van der Waals surface area contributed by atoms with Crippen LogP contribution in [0.3, 0.4) is 0 Å². The van der Waals surface area contributed by atoms with Gasteiger partial charge < -0.3 is 10.6 Å². The number of sulfonamides is 1. The highest BCUT2D eigenvalue weighted by Gasteiger charge is 2.21. The highest BCUT2D eigenvalue weighted by Crippen LogP contribution is 2.25. The van der Waals surface area contributed by atoms with E-state index in [9.17, 15) is 21.6 Å². The van der Waals surface area contributed by atoms with Gasteiger partial charge >= 0.3 is 0 Å².